The zero-order chi connectivity index (χ0) is 13.3. The molecule has 0 aliphatic carbocycles. The van der Waals surface area contributed by atoms with Crippen LogP contribution in [-0.2, 0) is 10.0 Å². The zero-order valence-electron chi connectivity index (χ0n) is 10.4. The summed E-state index contributed by atoms with van der Waals surface area (Å²) >= 11 is 0. The average molecular weight is 274 g/mol. The second-order valence-corrected chi connectivity index (χ2v) is 6.66. The fourth-order valence-corrected chi connectivity index (χ4v) is 3.82. The molecule has 7 nitrogen and oxygen atoms in total. The van der Waals surface area contributed by atoms with Crippen molar-refractivity contribution >= 4 is 10.0 Å². The number of likely N-dealkylation sites (N-methyl/N-ethyl adjacent to an activating group) is 1. The first kappa shape index (κ1) is 13.5. The SMILES string of the molecule is CN(C)CC1CC(O)CN1S(=O)(=O)c1cnc[nH]1. The number of imidazole rings is 1. The summed E-state index contributed by atoms with van der Waals surface area (Å²) in [5, 5.41) is 9.76. The molecule has 1 aliphatic rings. The monoisotopic (exact) mass is 274 g/mol. The molecule has 8 heteroatoms. The Labute approximate surface area is 106 Å². The quantitative estimate of drug-likeness (QED) is 0.742. The van der Waals surface area contributed by atoms with Gasteiger partial charge in [-0.1, -0.05) is 0 Å². The van der Waals surface area contributed by atoms with Crippen LogP contribution in [0, 0.1) is 0 Å². The van der Waals surface area contributed by atoms with E-state index in [-0.39, 0.29) is 17.6 Å². The van der Waals surface area contributed by atoms with Crippen LogP contribution >= 0.6 is 0 Å². The molecule has 2 heterocycles. The molecule has 1 aliphatic heterocycles. The van der Waals surface area contributed by atoms with Crippen molar-refractivity contribution in [1.29, 1.82) is 0 Å². The van der Waals surface area contributed by atoms with Gasteiger partial charge < -0.3 is 15.0 Å². The molecule has 2 rings (SSSR count). The van der Waals surface area contributed by atoms with E-state index in [4.69, 9.17) is 0 Å². The van der Waals surface area contributed by atoms with Gasteiger partial charge in [0.1, 0.15) is 0 Å². The Morgan fingerprint density at radius 1 is 1.61 bits per heavy atom. The van der Waals surface area contributed by atoms with E-state index in [2.05, 4.69) is 9.97 Å². The predicted octanol–water partition coefficient (Wildman–Crippen LogP) is -0.905. The molecule has 102 valence electrons. The Morgan fingerprint density at radius 2 is 2.33 bits per heavy atom. The third-order valence-electron chi connectivity index (χ3n) is 2.98. The topological polar surface area (TPSA) is 89.5 Å². The van der Waals surface area contributed by atoms with E-state index in [0.717, 1.165) is 0 Å². The fourth-order valence-electron chi connectivity index (χ4n) is 2.25. The smallest absolute Gasteiger partial charge is 0.260 e. The number of H-pyrrole nitrogens is 1. The Balaban J connectivity index is 2.25. The fraction of sp³-hybridized carbons (Fsp3) is 0.700. The summed E-state index contributed by atoms with van der Waals surface area (Å²) in [4.78, 5) is 8.25. The Kier molecular flexibility index (Phi) is 3.71. The maximum atomic E-state index is 12.4. The van der Waals surface area contributed by atoms with Gasteiger partial charge in [0.25, 0.3) is 10.0 Å². The molecule has 0 amide bonds. The highest BCUT2D eigenvalue weighted by atomic mass is 32.2. The first-order chi connectivity index (χ1) is 8.41. The number of nitrogens with one attached hydrogen (secondary N) is 1. The second kappa shape index (κ2) is 4.96. The van der Waals surface area contributed by atoms with Crippen molar-refractivity contribution < 1.29 is 13.5 Å². The van der Waals surface area contributed by atoms with Crippen molar-refractivity contribution in [3.05, 3.63) is 12.5 Å². The summed E-state index contributed by atoms with van der Waals surface area (Å²) in [5.74, 6) is 0. The minimum atomic E-state index is -3.59. The number of aromatic amines is 1. The lowest BCUT2D eigenvalue weighted by atomic mass is 10.2. The molecule has 0 bridgehead atoms. The Bertz CT molecular complexity index is 485. The summed E-state index contributed by atoms with van der Waals surface area (Å²) in [5.41, 5.74) is 0. The lowest BCUT2D eigenvalue weighted by molar-refractivity contribution is 0.188. The molecule has 1 aromatic rings. The molecule has 1 fully saturated rings. The molecule has 1 saturated heterocycles. The largest absolute Gasteiger partial charge is 0.392 e. The number of aliphatic hydroxyl groups excluding tert-OH is 1. The van der Waals surface area contributed by atoms with Crippen LogP contribution in [-0.4, -0.2) is 72.0 Å². The van der Waals surface area contributed by atoms with E-state index < -0.39 is 16.1 Å². The highest BCUT2D eigenvalue weighted by molar-refractivity contribution is 7.89. The molecule has 18 heavy (non-hydrogen) atoms. The minimum absolute atomic E-state index is 0.0698. The molecule has 0 aromatic carbocycles. The number of sulfonamides is 1. The summed E-state index contributed by atoms with van der Waals surface area (Å²) in [7, 11) is 0.167. The summed E-state index contributed by atoms with van der Waals surface area (Å²) in [6, 6.07) is -0.205. The zero-order valence-corrected chi connectivity index (χ0v) is 11.3. The van der Waals surface area contributed by atoms with Crippen molar-refractivity contribution in [2.45, 2.75) is 23.6 Å². The van der Waals surface area contributed by atoms with Crippen LogP contribution in [0.2, 0.25) is 0 Å². The maximum Gasteiger partial charge on any atom is 0.260 e. The number of aliphatic hydroxyl groups is 1. The summed E-state index contributed by atoms with van der Waals surface area (Å²) < 4.78 is 26.1. The molecule has 1 aromatic heterocycles. The van der Waals surface area contributed by atoms with Crippen molar-refractivity contribution in [3.8, 4) is 0 Å². The van der Waals surface area contributed by atoms with Gasteiger partial charge in [0.05, 0.1) is 18.6 Å². The van der Waals surface area contributed by atoms with Crippen molar-refractivity contribution in [1.82, 2.24) is 19.2 Å². The van der Waals surface area contributed by atoms with Gasteiger partial charge in [0.2, 0.25) is 0 Å². The third-order valence-corrected chi connectivity index (χ3v) is 4.82. The maximum absolute atomic E-state index is 12.4. The second-order valence-electron chi connectivity index (χ2n) is 4.80. The van der Waals surface area contributed by atoms with Crippen molar-refractivity contribution in [2.24, 2.45) is 0 Å². The highest BCUT2D eigenvalue weighted by Gasteiger charge is 2.40. The van der Waals surface area contributed by atoms with Gasteiger partial charge in [-0.2, -0.15) is 4.31 Å². The Morgan fingerprint density at radius 3 is 2.89 bits per heavy atom. The number of hydrogen-bond acceptors (Lipinski definition) is 5. The van der Waals surface area contributed by atoms with Crippen molar-refractivity contribution in [2.75, 3.05) is 27.2 Å². The van der Waals surface area contributed by atoms with E-state index >= 15 is 0 Å². The van der Waals surface area contributed by atoms with Gasteiger partial charge in [-0.05, 0) is 20.5 Å². The van der Waals surface area contributed by atoms with Crippen LogP contribution in [0.4, 0.5) is 0 Å². The molecular formula is C10H18N4O3S. The normalized spacial score (nSPS) is 26.0. The van der Waals surface area contributed by atoms with Crippen molar-refractivity contribution in [3.63, 3.8) is 0 Å². The van der Waals surface area contributed by atoms with Crippen LogP contribution in [0.5, 0.6) is 0 Å². The van der Waals surface area contributed by atoms with Gasteiger partial charge in [-0.15, -0.1) is 0 Å². The number of rotatable bonds is 4. The lowest BCUT2D eigenvalue weighted by Gasteiger charge is -2.25. The number of nitrogens with zero attached hydrogens (tertiary/aromatic N) is 3. The number of hydrogen-bond donors (Lipinski definition) is 2. The highest BCUT2D eigenvalue weighted by Crippen LogP contribution is 2.25. The number of aromatic nitrogens is 2. The number of β-amino-alcohol motifs (C(OH)–C–C–N with tert-alkyl or cyclic N) is 1. The van der Waals surface area contributed by atoms with Crippen LogP contribution in [0.25, 0.3) is 0 Å². The van der Waals surface area contributed by atoms with Gasteiger partial charge in [-0.3, -0.25) is 0 Å². The molecule has 2 N–H and O–H groups in total. The van der Waals surface area contributed by atoms with Crippen LogP contribution in [0.1, 0.15) is 6.42 Å². The van der Waals surface area contributed by atoms with Crippen LogP contribution < -0.4 is 0 Å². The van der Waals surface area contributed by atoms with Gasteiger partial charge in [-0.25, -0.2) is 13.4 Å². The first-order valence-corrected chi connectivity index (χ1v) is 7.18. The van der Waals surface area contributed by atoms with E-state index in [1.54, 1.807) is 0 Å². The summed E-state index contributed by atoms with van der Waals surface area (Å²) in [6.45, 7) is 0.726. The molecule has 0 saturated carbocycles. The predicted molar refractivity (Wildman–Crippen MR) is 65.4 cm³/mol. The van der Waals surface area contributed by atoms with Crippen LogP contribution in [0.15, 0.2) is 17.6 Å². The van der Waals surface area contributed by atoms with E-state index in [1.165, 1.54) is 16.8 Å². The van der Waals surface area contributed by atoms with Gasteiger partial charge in [0.15, 0.2) is 5.03 Å². The Hall–Kier alpha value is -0.960. The van der Waals surface area contributed by atoms with Crippen LogP contribution in [0.3, 0.4) is 0 Å². The van der Waals surface area contributed by atoms with E-state index in [1.807, 2.05) is 19.0 Å². The molecule has 0 spiro atoms. The lowest BCUT2D eigenvalue weighted by Crippen LogP contribution is -2.41. The molecular weight excluding hydrogens is 256 g/mol. The average Bonchev–Trinajstić information content (AvgIpc) is 2.86. The third kappa shape index (κ3) is 2.56. The summed E-state index contributed by atoms with van der Waals surface area (Å²) in [6.07, 6.45) is 2.48. The van der Waals surface area contributed by atoms with E-state index in [9.17, 15) is 13.5 Å². The molecule has 0 radical (unpaired) electrons. The van der Waals surface area contributed by atoms with Gasteiger partial charge in [0, 0.05) is 19.1 Å². The first-order valence-electron chi connectivity index (χ1n) is 5.74. The molecule has 2 atom stereocenters. The standard InChI is InChI=1S/C10H18N4O3S/c1-13(2)5-8-3-9(15)6-14(8)18(16,17)10-4-11-7-12-10/h4,7-9,15H,3,5-6H2,1-2H3,(H,11,12). The van der Waals surface area contributed by atoms with Gasteiger partial charge >= 0.3 is 0 Å². The minimum Gasteiger partial charge on any atom is -0.392 e. The molecule has 2 unspecified atom stereocenters. The van der Waals surface area contributed by atoms with E-state index in [0.29, 0.717) is 13.0 Å².